The third-order valence-corrected chi connectivity index (χ3v) is 2.50. The molecule has 1 aromatic rings. The summed E-state index contributed by atoms with van der Waals surface area (Å²) in [5.41, 5.74) is 1.81. The van der Waals surface area contributed by atoms with Gasteiger partial charge in [-0.05, 0) is 54.6 Å². The monoisotopic (exact) mass is 286 g/mol. The smallest absolute Gasteiger partial charge is 0.186 e. The molecule has 0 unspecified atom stereocenters. The Balaban J connectivity index is 3.03. The Kier molecular flexibility index (Phi) is 3.66. The van der Waals surface area contributed by atoms with E-state index < -0.39 is 0 Å². The Hall–Kier alpha value is -0.640. The maximum Gasteiger partial charge on any atom is 0.186 e. The Bertz CT molecular complexity index is 349. The first-order valence-electron chi connectivity index (χ1n) is 4.05. The van der Waals surface area contributed by atoms with Crippen LogP contribution in [0, 0.1) is 3.57 Å². The van der Waals surface area contributed by atoms with E-state index in [0.717, 1.165) is 14.7 Å². The zero-order valence-electron chi connectivity index (χ0n) is 7.67. The molecule has 1 nitrogen and oxygen atoms in total. The molecule has 0 N–H and O–H groups in total. The van der Waals surface area contributed by atoms with Crippen molar-refractivity contribution in [1.29, 1.82) is 0 Å². The summed E-state index contributed by atoms with van der Waals surface area (Å²) in [6.45, 7) is 3.85. The van der Waals surface area contributed by atoms with E-state index in [-0.39, 0.29) is 5.78 Å². The van der Waals surface area contributed by atoms with E-state index >= 15 is 0 Å². The summed E-state index contributed by atoms with van der Waals surface area (Å²) in [5.74, 6) is 0.0880. The minimum absolute atomic E-state index is 0.0880. The molecule has 0 spiro atoms. The molecule has 1 rings (SSSR count). The third kappa shape index (κ3) is 2.95. The van der Waals surface area contributed by atoms with Crippen LogP contribution >= 0.6 is 22.6 Å². The highest BCUT2D eigenvalue weighted by atomic mass is 127. The SMILES string of the molecule is CC(C)=CC(=O)c1ccccc1I. The van der Waals surface area contributed by atoms with Gasteiger partial charge in [0.15, 0.2) is 5.78 Å². The average molecular weight is 286 g/mol. The van der Waals surface area contributed by atoms with Gasteiger partial charge in [0.1, 0.15) is 0 Å². The maximum atomic E-state index is 11.6. The fourth-order valence-electron chi connectivity index (χ4n) is 1.00. The van der Waals surface area contributed by atoms with Crippen molar-refractivity contribution in [3.63, 3.8) is 0 Å². The summed E-state index contributed by atoms with van der Waals surface area (Å²) < 4.78 is 1.00. The number of halogens is 1. The number of benzene rings is 1. The Morgan fingerprint density at radius 3 is 2.46 bits per heavy atom. The molecule has 0 amide bonds. The van der Waals surface area contributed by atoms with Gasteiger partial charge in [0.05, 0.1) is 0 Å². The number of carbonyl (C=O) groups is 1. The van der Waals surface area contributed by atoms with E-state index in [4.69, 9.17) is 0 Å². The van der Waals surface area contributed by atoms with Gasteiger partial charge < -0.3 is 0 Å². The summed E-state index contributed by atoms with van der Waals surface area (Å²) in [4.78, 5) is 11.6. The van der Waals surface area contributed by atoms with E-state index in [1.807, 2.05) is 38.1 Å². The van der Waals surface area contributed by atoms with Gasteiger partial charge >= 0.3 is 0 Å². The molecule has 0 radical (unpaired) electrons. The fraction of sp³-hybridized carbons (Fsp3) is 0.182. The van der Waals surface area contributed by atoms with Gasteiger partial charge in [0, 0.05) is 9.13 Å². The standard InChI is InChI=1S/C11H11IO/c1-8(2)7-11(13)9-5-3-4-6-10(9)12/h3-7H,1-2H3. The van der Waals surface area contributed by atoms with Crippen LogP contribution in [0.2, 0.25) is 0 Å². The van der Waals surface area contributed by atoms with Crippen molar-refractivity contribution in [2.24, 2.45) is 0 Å². The average Bonchev–Trinajstić information content (AvgIpc) is 2.03. The van der Waals surface area contributed by atoms with Crippen LogP contribution in [-0.4, -0.2) is 5.78 Å². The van der Waals surface area contributed by atoms with Crippen LogP contribution in [0.1, 0.15) is 24.2 Å². The van der Waals surface area contributed by atoms with E-state index in [1.54, 1.807) is 6.08 Å². The normalized spacial score (nSPS) is 9.46. The van der Waals surface area contributed by atoms with Crippen LogP contribution in [0.3, 0.4) is 0 Å². The zero-order valence-corrected chi connectivity index (χ0v) is 9.83. The van der Waals surface area contributed by atoms with E-state index in [0.29, 0.717) is 0 Å². The van der Waals surface area contributed by atoms with Crippen LogP contribution < -0.4 is 0 Å². The molecule has 1 aromatic carbocycles. The second-order valence-electron chi connectivity index (χ2n) is 3.07. The minimum atomic E-state index is 0.0880. The van der Waals surface area contributed by atoms with Gasteiger partial charge in [-0.3, -0.25) is 4.79 Å². The molecule has 0 aliphatic rings. The summed E-state index contributed by atoms with van der Waals surface area (Å²) in [6, 6.07) is 7.60. The number of allylic oxidation sites excluding steroid dienone is 2. The molecular weight excluding hydrogens is 275 g/mol. The first-order valence-corrected chi connectivity index (χ1v) is 5.13. The van der Waals surface area contributed by atoms with Crippen molar-refractivity contribution < 1.29 is 4.79 Å². The largest absolute Gasteiger partial charge is 0.289 e. The van der Waals surface area contributed by atoms with Crippen molar-refractivity contribution in [1.82, 2.24) is 0 Å². The van der Waals surface area contributed by atoms with Crippen LogP contribution in [0.4, 0.5) is 0 Å². The molecule has 0 fully saturated rings. The molecule has 0 heterocycles. The van der Waals surface area contributed by atoms with Crippen LogP contribution in [0.15, 0.2) is 35.9 Å². The van der Waals surface area contributed by atoms with E-state index in [9.17, 15) is 4.79 Å². The highest BCUT2D eigenvalue weighted by Crippen LogP contribution is 2.13. The molecule has 0 bridgehead atoms. The van der Waals surface area contributed by atoms with Crippen LogP contribution in [-0.2, 0) is 0 Å². The minimum Gasteiger partial charge on any atom is -0.289 e. The number of hydrogen-bond acceptors (Lipinski definition) is 1. The summed E-state index contributed by atoms with van der Waals surface area (Å²) in [6.07, 6.45) is 1.66. The lowest BCUT2D eigenvalue weighted by Crippen LogP contribution is -1.97. The van der Waals surface area contributed by atoms with E-state index in [1.165, 1.54) is 0 Å². The van der Waals surface area contributed by atoms with Crippen molar-refractivity contribution in [3.05, 3.63) is 45.0 Å². The number of rotatable bonds is 2. The zero-order chi connectivity index (χ0) is 9.84. The third-order valence-electron chi connectivity index (χ3n) is 1.56. The number of ketones is 1. The van der Waals surface area contributed by atoms with Crippen molar-refractivity contribution >= 4 is 28.4 Å². The summed E-state index contributed by atoms with van der Waals surface area (Å²) >= 11 is 2.17. The topological polar surface area (TPSA) is 17.1 Å². The van der Waals surface area contributed by atoms with Crippen LogP contribution in [0.25, 0.3) is 0 Å². The molecule has 0 saturated carbocycles. The summed E-state index contributed by atoms with van der Waals surface area (Å²) in [7, 11) is 0. The lowest BCUT2D eigenvalue weighted by molar-refractivity contribution is 0.104. The second kappa shape index (κ2) is 4.56. The van der Waals surface area contributed by atoms with Crippen molar-refractivity contribution in [2.75, 3.05) is 0 Å². The summed E-state index contributed by atoms with van der Waals surface area (Å²) in [5, 5.41) is 0. The van der Waals surface area contributed by atoms with Crippen LogP contribution in [0.5, 0.6) is 0 Å². The van der Waals surface area contributed by atoms with Gasteiger partial charge in [-0.15, -0.1) is 0 Å². The molecule has 0 aliphatic carbocycles. The molecule has 68 valence electrons. The maximum absolute atomic E-state index is 11.6. The lowest BCUT2D eigenvalue weighted by Gasteiger charge is -1.99. The van der Waals surface area contributed by atoms with Gasteiger partial charge in [-0.2, -0.15) is 0 Å². The molecule has 0 aliphatic heterocycles. The molecule has 2 heteroatoms. The quantitative estimate of drug-likeness (QED) is 0.462. The highest BCUT2D eigenvalue weighted by molar-refractivity contribution is 14.1. The van der Waals surface area contributed by atoms with Crippen molar-refractivity contribution in [2.45, 2.75) is 13.8 Å². The first-order chi connectivity index (χ1) is 6.11. The molecular formula is C11H11IO. The van der Waals surface area contributed by atoms with Gasteiger partial charge in [-0.1, -0.05) is 17.7 Å². The molecule has 0 aromatic heterocycles. The second-order valence-corrected chi connectivity index (χ2v) is 4.23. The molecule has 0 saturated heterocycles. The fourth-order valence-corrected chi connectivity index (χ4v) is 1.65. The number of hydrogen-bond donors (Lipinski definition) is 0. The predicted molar refractivity (Wildman–Crippen MR) is 62.9 cm³/mol. The molecule has 0 atom stereocenters. The van der Waals surface area contributed by atoms with Gasteiger partial charge in [0.25, 0.3) is 0 Å². The number of carbonyl (C=O) groups excluding carboxylic acids is 1. The van der Waals surface area contributed by atoms with Crippen molar-refractivity contribution in [3.8, 4) is 0 Å². The Morgan fingerprint density at radius 1 is 1.31 bits per heavy atom. The Morgan fingerprint density at radius 2 is 1.92 bits per heavy atom. The lowest BCUT2D eigenvalue weighted by atomic mass is 10.1. The first kappa shape index (κ1) is 10.4. The van der Waals surface area contributed by atoms with Gasteiger partial charge in [0.2, 0.25) is 0 Å². The van der Waals surface area contributed by atoms with E-state index in [2.05, 4.69) is 22.6 Å². The highest BCUT2D eigenvalue weighted by Gasteiger charge is 2.05. The molecule has 13 heavy (non-hydrogen) atoms. The Labute approximate surface area is 92.0 Å². The van der Waals surface area contributed by atoms with Gasteiger partial charge in [-0.25, -0.2) is 0 Å². The predicted octanol–water partition coefficient (Wildman–Crippen LogP) is 3.44.